The van der Waals surface area contributed by atoms with Crippen LogP contribution in [0.2, 0.25) is 5.02 Å². The van der Waals surface area contributed by atoms with E-state index in [4.69, 9.17) is 16.1 Å². The van der Waals surface area contributed by atoms with Crippen LogP contribution in [0.25, 0.3) is 0 Å². The van der Waals surface area contributed by atoms with Crippen molar-refractivity contribution in [3.63, 3.8) is 0 Å². The van der Waals surface area contributed by atoms with Gasteiger partial charge in [0.2, 0.25) is 5.89 Å². The molecule has 0 bridgehead atoms. The third kappa shape index (κ3) is 5.44. The molecule has 0 saturated carbocycles. The summed E-state index contributed by atoms with van der Waals surface area (Å²) in [5, 5.41) is 11.1. The normalized spacial score (nSPS) is 17.1. The van der Waals surface area contributed by atoms with E-state index in [1.54, 1.807) is 13.1 Å². The van der Waals surface area contributed by atoms with E-state index in [-0.39, 0.29) is 30.0 Å². The number of hydrogen-bond acceptors (Lipinski definition) is 6. The predicted molar refractivity (Wildman–Crippen MR) is 112 cm³/mol. The van der Waals surface area contributed by atoms with Crippen molar-refractivity contribution in [1.82, 2.24) is 25.8 Å². The molecule has 0 aromatic carbocycles. The molecule has 1 unspecified atom stereocenters. The summed E-state index contributed by atoms with van der Waals surface area (Å²) in [5.74, 6) is 2.68. The highest BCUT2D eigenvalue weighted by molar-refractivity contribution is 14.0. The number of anilines is 1. The molecule has 2 aromatic rings. The number of nitrogens with zero attached hydrogens (tertiary/aromatic N) is 5. The first-order valence-corrected chi connectivity index (χ1v) is 8.73. The number of hydrogen-bond donors (Lipinski definition) is 2. The SMILES string of the molecule is CCNC(=NCc1nc(C)no1)NC1CCN(c2ncccc2Cl)C1.I. The Balaban J connectivity index is 0.00000243. The minimum atomic E-state index is 0. The summed E-state index contributed by atoms with van der Waals surface area (Å²) >= 11 is 6.24. The zero-order valence-corrected chi connectivity index (χ0v) is 17.9. The summed E-state index contributed by atoms with van der Waals surface area (Å²) in [4.78, 5) is 15.2. The summed E-state index contributed by atoms with van der Waals surface area (Å²) in [6.45, 7) is 6.66. The first-order valence-electron chi connectivity index (χ1n) is 8.35. The van der Waals surface area contributed by atoms with Crippen LogP contribution in [-0.2, 0) is 6.54 Å². The quantitative estimate of drug-likeness (QED) is 0.377. The lowest BCUT2D eigenvalue weighted by atomic mass is 10.3. The molecular weight excluding hydrogens is 469 g/mol. The van der Waals surface area contributed by atoms with Gasteiger partial charge in [-0.25, -0.2) is 9.98 Å². The van der Waals surface area contributed by atoms with Gasteiger partial charge in [0, 0.05) is 31.9 Å². The van der Waals surface area contributed by atoms with Crippen LogP contribution < -0.4 is 15.5 Å². The van der Waals surface area contributed by atoms with Crippen molar-refractivity contribution in [2.45, 2.75) is 32.9 Å². The molecule has 0 aliphatic carbocycles. The first-order chi connectivity index (χ1) is 12.2. The van der Waals surface area contributed by atoms with Gasteiger partial charge in [0.05, 0.1) is 5.02 Å². The Hall–Kier alpha value is -1.62. The minimum absolute atomic E-state index is 0. The van der Waals surface area contributed by atoms with E-state index < -0.39 is 0 Å². The molecule has 2 aromatic heterocycles. The maximum Gasteiger partial charge on any atom is 0.248 e. The maximum absolute atomic E-state index is 6.24. The summed E-state index contributed by atoms with van der Waals surface area (Å²) in [7, 11) is 0. The van der Waals surface area contributed by atoms with Crippen molar-refractivity contribution < 1.29 is 4.52 Å². The number of aromatic nitrogens is 3. The molecule has 1 aliphatic heterocycles. The Morgan fingerprint density at radius 2 is 2.35 bits per heavy atom. The maximum atomic E-state index is 6.24. The molecule has 3 heterocycles. The van der Waals surface area contributed by atoms with Crippen molar-refractivity contribution in [3.05, 3.63) is 35.1 Å². The van der Waals surface area contributed by atoms with Crippen molar-refractivity contribution in [2.75, 3.05) is 24.5 Å². The average molecular weight is 492 g/mol. The Morgan fingerprint density at radius 3 is 3.04 bits per heavy atom. The van der Waals surface area contributed by atoms with Crippen molar-refractivity contribution in [2.24, 2.45) is 4.99 Å². The van der Waals surface area contributed by atoms with Crippen LogP contribution in [0.1, 0.15) is 25.1 Å². The van der Waals surface area contributed by atoms with Gasteiger partial charge in [-0.3, -0.25) is 0 Å². The third-order valence-corrected chi connectivity index (χ3v) is 4.15. The van der Waals surface area contributed by atoms with Gasteiger partial charge < -0.3 is 20.1 Å². The highest BCUT2D eigenvalue weighted by Crippen LogP contribution is 2.25. The molecule has 2 N–H and O–H groups in total. The van der Waals surface area contributed by atoms with E-state index in [1.807, 2.05) is 19.1 Å². The average Bonchev–Trinajstić information content (AvgIpc) is 3.22. The van der Waals surface area contributed by atoms with E-state index >= 15 is 0 Å². The fraction of sp³-hybridized carbons (Fsp3) is 0.500. The topological polar surface area (TPSA) is 91.5 Å². The molecule has 0 amide bonds. The van der Waals surface area contributed by atoms with Crippen LogP contribution in [-0.4, -0.2) is 46.8 Å². The molecule has 1 fully saturated rings. The van der Waals surface area contributed by atoms with E-state index in [9.17, 15) is 0 Å². The Morgan fingerprint density at radius 1 is 1.50 bits per heavy atom. The molecule has 1 atom stereocenters. The molecule has 10 heteroatoms. The van der Waals surface area contributed by atoms with E-state index in [0.717, 1.165) is 37.8 Å². The van der Waals surface area contributed by atoms with Gasteiger partial charge in [-0.15, -0.1) is 24.0 Å². The largest absolute Gasteiger partial charge is 0.357 e. The van der Waals surface area contributed by atoms with Gasteiger partial charge in [-0.05, 0) is 32.4 Å². The van der Waals surface area contributed by atoms with Gasteiger partial charge in [0.15, 0.2) is 11.8 Å². The second-order valence-corrected chi connectivity index (χ2v) is 6.22. The molecule has 0 spiro atoms. The molecule has 1 saturated heterocycles. The molecule has 142 valence electrons. The molecule has 8 nitrogen and oxygen atoms in total. The van der Waals surface area contributed by atoms with Crippen molar-refractivity contribution >= 4 is 47.4 Å². The Kier molecular flexibility index (Phi) is 7.88. The van der Waals surface area contributed by atoms with Gasteiger partial charge in [0.1, 0.15) is 12.4 Å². The first kappa shape index (κ1) is 20.7. The fourth-order valence-corrected chi connectivity index (χ4v) is 2.99. The highest BCUT2D eigenvalue weighted by atomic mass is 127. The fourth-order valence-electron chi connectivity index (χ4n) is 2.74. The lowest BCUT2D eigenvalue weighted by molar-refractivity contribution is 0.376. The van der Waals surface area contributed by atoms with Gasteiger partial charge >= 0.3 is 0 Å². The standard InChI is InChI=1S/C16H22ClN7O.HI/c1-3-18-16(20-9-14-21-11(2)23-25-14)22-12-6-8-24(10-12)15-13(17)5-4-7-19-15;/h4-5,7,12H,3,6,8-10H2,1-2H3,(H2,18,20,22);1H. The zero-order valence-electron chi connectivity index (χ0n) is 14.8. The lowest BCUT2D eigenvalue weighted by Gasteiger charge is -2.20. The number of nitrogens with one attached hydrogen (secondary N) is 2. The number of aliphatic imine (C=N–C) groups is 1. The second kappa shape index (κ2) is 9.91. The molecule has 26 heavy (non-hydrogen) atoms. The zero-order chi connectivity index (χ0) is 17.6. The lowest BCUT2D eigenvalue weighted by Crippen LogP contribution is -2.44. The predicted octanol–water partition coefficient (Wildman–Crippen LogP) is 2.38. The van der Waals surface area contributed by atoms with Crippen molar-refractivity contribution in [3.8, 4) is 0 Å². The number of rotatable bonds is 5. The minimum Gasteiger partial charge on any atom is -0.357 e. The van der Waals surface area contributed by atoms with Crippen molar-refractivity contribution in [1.29, 1.82) is 0 Å². The molecule has 3 rings (SSSR count). The molecule has 0 radical (unpaired) electrons. The molecule has 1 aliphatic rings. The van der Waals surface area contributed by atoms with E-state index in [1.165, 1.54) is 0 Å². The Labute approximate surface area is 174 Å². The summed E-state index contributed by atoms with van der Waals surface area (Å²) in [6.07, 6.45) is 2.75. The van der Waals surface area contributed by atoms with Gasteiger partial charge in [-0.1, -0.05) is 16.8 Å². The molecular formula is C16H23ClIN7O. The summed E-state index contributed by atoms with van der Waals surface area (Å²) in [5.41, 5.74) is 0. The number of pyridine rings is 1. The van der Waals surface area contributed by atoms with Gasteiger partial charge in [0.25, 0.3) is 0 Å². The number of halogens is 2. The van der Waals surface area contributed by atoms with E-state index in [2.05, 4.69) is 35.7 Å². The van der Waals surface area contributed by atoms with Crippen LogP contribution >= 0.6 is 35.6 Å². The summed E-state index contributed by atoms with van der Waals surface area (Å²) < 4.78 is 5.10. The number of aryl methyl sites for hydroxylation is 1. The Bertz CT molecular complexity index is 739. The second-order valence-electron chi connectivity index (χ2n) is 5.82. The van der Waals surface area contributed by atoms with Gasteiger partial charge in [-0.2, -0.15) is 4.98 Å². The highest BCUT2D eigenvalue weighted by Gasteiger charge is 2.25. The van der Waals surface area contributed by atoms with Crippen LogP contribution in [0.4, 0.5) is 5.82 Å². The monoisotopic (exact) mass is 491 g/mol. The van der Waals surface area contributed by atoms with E-state index in [0.29, 0.717) is 23.3 Å². The van der Waals surface area contributed by atoms with Crippen LogP contribution in [0, 0.1) is 6.92 Å². The summed E-state index contributed by atoms with van der Waals surface area (Å²) in [6, 6.07) is 3.97. The third-order valence-electron chi connectivity index (χ3n) is 3.85. The number of guanidine groups is 1. The smallest absolute Gasteiger partial charge is 0.248 e. The van der Waals surface area contributed by atoms with Crippen LogP contribution in [0.5, 0.6) is 0 Å². The van der Waals surface area contributed by atoms with Crippen LogP contribution in [0.15, 0.2) is 27.8 Å². The van der Waals surface area contributed by atoms with Crippen LogP contribution in [0.3, 0.4) is 0 Å².